The summed E-state index contributed by atoms with van der Waals surface area (Å²) in [6.07, 6.45) is 0.329. The molecule has 1 N–H and O–H groups in total. The summed E-state index contributed by atoms with van der Waals surface area (Å²) in [6.45, 7) is 0. The Bertz CT molecular complexity index is 338. The SMILES string of the molecule is CNC(=O)CCS(=O)Cc1ccccc1. The molecule has 1 aromatic rings. The number of amides is 1. The first-order chi connectivity index (χ1) is 7.22. The molecular formula is C11H15NO2S. The van der Waals surface area contributed by atoms with Gasteiger partial charge in [0.05, 0.1) is 0 Å². The topological polar surface area (TPSA) is 46.2 Å². The molecule has 0 saturated heterocycles. The van der Waals surface area contributed by atoms with Crippen molar-refractivity contribution < 1.29 is 9.00 Å². The molecule has 1 aromatic carbocycles. The van der Waals surface area contributed by atoms with Crippen molar-refractivity contribution in [1.29, 1.82) is 0 Å². The highest BCUT2D eigenvalue weighted by molar-refractivity contribution is 7.84. The highest BCUT2D eigenvalue weighted by Crippen LogP contribution is 2.03. The molecule has 1 amide bonds. The first-order valence-corrected chi connectivity index (χ1v) is 6.30. The van der Waals surface area contributed by atoms with Crippen LogP contribution in [0.3, 0.4) is 0 Å². The minimum Gasteiger partial charge on any atom is -0.359 e. The maximum atomic E-state index is 11.6. The lowest BCUT2D eigenvalue weighted by molar-refractivity contribution is -0.120. The van der Waals surface area contributed by atoms with Gasteiger partial charge < -0.3 is 5.32 Å². The van der Waals surface area contributed by atoms with Crippen LogP contribution in [0, 0.1) is 0 Å². The zero-order valence-corrected chi connectivity index (χ0v) is 9.55. The molecule has 1 atom stereocenters. The molecule has 15 heavy (non-hydrogen) atoms. The average Bonchev–Trinajstić information content (AvgIpc) is 2.27. The third kappa shape index (κ3) is 4.74. The lowest BCUT2D eigenvalue weighted by Gasteiger charge is -2.01. The highest BCUT2D eigenvalue weighted by Gasteiger charge is 2.04. The number of carbonyl (C=O) groups is 1. The summed E-state index contributed by atoms with van der Waals surface area (Å²) in [4.78, 5) is 10.9. The quantitative estimate of drug-likeness (QED) is 0.815. The summed E-state index contributed by atoms with van der Waals surface area (Å²) in [5.74, 6) is 0.892. The largest absolute Gasteiger partial charge is 0.359 e. The summed E-state index contributed by atoms with van der Waals surface area (Å²) in [7, 11) is 0.632. The van der Waals surface area contributed by atoms with Gasteiger partial charge in [-0.2, -0.15) is 0 Å². The maximum Gasteiger partial charge on any atom is 0.220 e. The second-order valence-electron chi connectivity index (χ2n) is 3.20. The van der Waals surface area contributed by atoms with E-state index in [2.05, 4.69) is 5.32 Å². The fraction of sp³-hybridized carbons (Fsp3) is 0.364. The fourth-order valence-electron chi connectivity index (χ4n) is 1.16. The zero-order chi connectivity index (χ0) is 11.1. The molecule has 0 heterocycles. The van der Waals surface area contributed by atoms with Gasteiger partial charge in [-0.3, -0.25) is 9.00 Å². The van der Waals surface area contributed by atoms with E-state index in [4.69, 9.17) is 0 Å². The van der Waals surface area contributed by atoms with Crippen molar-refractivity contribution in [2.24, 2.45) is 0 Å². The molecular weight excluding hydrogens is 210 g/mol. The lowest BCUT2D eigenvalue weighted by atomic mass is 10.2. The molecule has 1 rings (SSSR count). The molecule has 82 valence electrons. The number of nitrogens with one attached hydrogen (secondary N) is 1. The van der Waals surface area contributed by atoms with Crippen molar-refractivity contribution in [2.75, 3.05) is 12.8 Å². The average molecular weight is 225 g/mol. The summed E-state index contributed by atoms with van der Waals surface area (Å²) >= 11 is 0. The van der Waals surface area contributed by atoms with E-state index in [0.29, 0.717) is 17.9 Å². The van der Waals surface area contributed by atoms with Crippen LogP contribution in [0.25, 0.3) is 0 Å². The Morgan fingerprint density at radius 2 is 2.00 bits per heavy atom. The first-order valence-electron chi connectivity index (χ1n) is 4.82. The van der Waals surface area contributed by atoms with Gasteiger partial charge in [0.15, 0.2) is 0 Å². The van der Waals surface area contributed by atoms with Crippen molar-refractivity contribution in [3.63, 3.8) is 0 Å². The molecule has 0 spiro atoms. The zero-order valence-electron chi connectivity index (χ0n) is 8.73. The standard InChI is InChI=1S/C11H15NO2S/c1-12-11(13)7-8-15(14)9-10-5-3-2-4-6-10/h2-6H,7-9H2,1H3,(H,12,13). The summed E-state index contributed by atoms with van der Waals surface area (Å²) in [6, 6.07) is 9.66. The van der Waals surface area contributed by atoms with Crippen molar-refractivity contribution in [1.82, 2.24) is 5.32 Å². The smallest absolute Gasteiger partial charge is 0.220 e. The van der Waals surface area contributed by atoms with E-state index in [0.717, 1.165) is 5.56 Å². The van der Waals surface area contributed by atoms with Crippen LogP contribution in [-0.4, -0.2) is 22.9 Å². The number of benzene rings is 1. The van der Waals surface area contributed by atoms with E-state index in [1.54, 1.807) is 7.05 Å². The lowest BCUT2D eigenvalue weighted by Crippen LogP contribution is -2.20. The Labute approximate surface area is 92.3 Å². The molecule has 0 aliphatic carbocycles. The predicted molar refractivity (Wildman–Crippen MR) is 61.8 cm³/mol. The van der Waals surface area contributed by atoms with Gasteiger partial charge in [-0.05, 0) is 5.56 Å². The molecule has 0 saturated carbocycles. The molecule has 0 bridgehead atoms. The monoisotopic (exact) mass is 225 g/mol. The van der Waals surface area contributed by atoms with Crippen LogP contribution in [0.15, 0.2) is 30.3 Å². The first kappa shape index (κ1) is 11.9. The summed E-state index contributed by atoms with van der Waals surface area (Å²) in [5, 5.41) is 2.51. The minimum absolute atomic E-state index is 0.0589. The summed E-state index contributed by atoms with van der Waals surface area (Å²) < 4.78 is 11.6. The van der Waals surface area contributed by atoms with Crippen LogP contribution in [0.2, 0.25) is 0 Å². The Morgan fingerprint density at radius 1 is 1.33 bits per heavy atom. The van der Waals surface area contributed by atoms with E-state index in [1.807, 2.05) is 30.3 Å². The molecule has 1 unspecified atom stereocenters. The molecule has 0 aliphatic heterocycles. The number of carbonyl (C=O) groups excluding carboxylic acids is 1. The van der Waals surface area contributed by atoms with Crippen molar-refractivity contribution in [3.8, 4) is 0 Å². The van der Waals surface area contributed by atoms with Crippen LogP contribution in [0.1, 0.15) is 12.0 Å². The van der Waals surface area contributed by atoms with Crippen molar-refractivity contribution >= 4 is 16.7 Å². The van der Waals surface area contributed by atoms with E-state index in [-0.39, 0.29) is 5.91 Å². The third-order valence-corrected chi connectivity index (χ3v) is 3.32. The van der Waals surface area contributed by atoms with Gasteiger partial charge in [0, 0.05) is 35.8 Å². The predicted octanol–water partition coefficient (Wildman–Crippen LogP) is 1.07. The molecule has 0 aromatic heterocycles. The molecule has 3 nitrogen and oxygen atoms in total. The Kier molecular flexibility index (Phi) is 5.04. The van der Waals surface area contributed by atoms with E-state index in [9.17, 15) is 9.00 Å². The Hall–Kier alpha value is -1.16. The Balaban J connectivity index is 2.34. The van der Waals surface area contributed by atoms with Gasteiger partial charge in [0.25, 0.3) is 0 Å². The summed E-state index contributed by atoms with van der Waals surface area (Å²) in [5.41, 5.74) is 1.05. The fourth-order valence-corrected chi connectivity index (χ4v) is 2.29. The van der Waals surface area contributed by atoms with Crippen LogP contribution >= 0.6 is 0 Å². The van der Waals surface area contributed by atoms with Crippen LogP contribution in [0.5, 0.6) is 0 Å². The van der Waals surface area contributed by atoms with Crippen molar-refractivity contribution in [2.45, 2.75) is 12.2 Å². The maximum absolute atomic E-state index is 11.6. The molecule has 0 aliphatic rings. The van der Waals surface area contributed by atoms with Gasteiger partial charge in [-0.25, -0.2) is 0 Å². The second-order valence-corrected chi connectivity index (χ2v) is 4.77. The molecule has 4 heteroatoms. The molecule has 0 fully saturated rings. The highest BCUT2D eigenvalue weighted by atomic mass is 32.2. The van der Waals surface area contributed by atoms with Crippen LogP contribution < -0.4 is 5.32 Å². The number of rotatable bonds is 5. The number of hydrogen-bond donors (Lipinski definition) is 1. The van der Waals surface area contributed by atoms with Crippen LogP contribution in [-0.2, 0) is 21.3 Å². The molecule has 0 radical (unpaired) electrons. The third-order valence-electron chi connectivity index (χ3n) is 2.01. The Morgan fingerprint density at radius 3 is 2.60 bits per heavy atom. The van der Waals surface area contributed by atoms with Crippen LogP contribution in [0.4, 0.5) is 0 Å². The van der Waals surface area contributed by atoms with E-state index < -0.39 is 10.8 Å². The second kappa shape index (κ2) is 6.35. The number of hydrogen-bond acceptors (Lipinski definition) is 2. The van der Waals surface area contributed by atoms with Gasteiger partial charge in [0.1, 0.15) is 0 Å². The van der Waals surface area contributed by atoms with Gasteiger partial charge in [-0.1, -0.05) is 30.3 Å². The van der Waals surface area contributed by atoms with E-state index in [1.165, 1.54) is 0 Å². The van der Waals surface area contributed by atoms with Crippen molar-refractivity contribution in [3.05, 3.63) is 35.9 Å². The van der Waals surface area contributed by atoms with Gasteiger partial charge >= 0.3 is 0 Å². The minimum atomic E-state index is -0.954. The normalized spacial score (nSPS) is 12.1. The van der Waals surface area contributed by atoms with E-state index >= 15 is 0 Å². The van der Waals surface area contributed by atoms with Gasteiger partial charge in [0.2, 0.25) is 5.91 Å². The van der Waals surface area contributed by atoms with Gasteiger partial charge in [-0.15, -0.1) is 0 Å².